The van der Waals surface area contributed by atoms with Gasteiger partial charge in [-0.05, 0) is 64.7 Å². The van der Waals surface area contributed by atoms with Crippen LogP contribution in [0.1, 0.15) is 53.9 Å². The molecule has 0 bridgehead atoms. The Bertz CT molecular complexity index is 188. The second-order valence-corrected chi connectivity index (χ2v) is 6.51. The first-order chi connectivity index (χ1) is 6.60. The van der Waals surface area contributed by atoms with Gasteiger partial charge < -0.3 is 10.2 Å². The molecule has 0 aromatic carbocycles. The predicted molar refractivity (Wildman–Crippen MR) is 62.6 cm³/mol. The van der Waals surface area contributed by atoms with E-state index < -0.39 is 11.2 Å². The van der Waals surface area contributed by atoms with Crippen molar-refractivity contribution in [2.75, 3.05) is 0 Å². The predicted octanol–water partition coefficient (Wildman–Crippen LogP) is 2.58. The highest BCUT2D eigenvalue weighted by molar-refractivity contribution is 4.91. The molecule has 2 nitrogen and oxygen atoms in total. The van der Waals surface area contributed by atoms with E-state index in [9.17, 15) is 10.2 Å². The van der Waals surface area contributed by atoms with Crippen LogP contribution >= 0.6 is 0 Å². The largest absolute Gasteiger partial charge is 0.390 e. The van der Waals surface area contributed by atoms with E-state index >= 15 is 0 Å². The molecule has 0 radical (unpaired) electrons. The van der Waals surface area contributed by atoms with Crippen molar-refractivity contribution in [2.45, 2.75) is 65.1 Å². The maximum atomic E-state index is 10.1. The van der Waals surface area contributed by atoms with Crippen LogP contribution in [0.3, 0.4) is 0 Å². The van der Waals surface area contributed by atoms with Crippen LogP contribution in [0, 0.1) is 17.8 Å². The molecule has 90 valence electrons. The minimum atomic E-state index is -0.613. The number of aliphatic hydroxyl groups is 2. The molecule has 0 aromatic rings. The van der Waals surface area contributed by atoms with Crippen molar-refractivity contribution in [1.29, 1.82) is 0 Å². The summed E-state index contributed by atoms with van der Waals surface area (Å²) >= 11 is 0. The van der Waals surface area contributed by atoms with Crippen molar-refractivity contribution in [3.63, 3.8) is 0 Å². The fourth-order valence-electron chi connectivity index (χ4n) is 2.76. The second-order valence-electron chi connectivity index (χ2n) is 6.51. The Morgan fingerprint density at radius 3 is 1.40 bits per heavy atom. The standard InChI is InChI=1S/C13H26O2/c1-9-6-10(12(2,3)14)8-11(7-9)13(4,5)15/h9-11,14-15H,6-8H2,1-5H3. The molecule has 15 heavy (non-hydrogen) atoms. The number of hydrogen-bond donors (Lipinski definition) is 2. The highest BCUT2D eigenvalue weighted by Crippen LogP contribution is 2.42. The van der Waals surface area contributed by atoms with Crippen LogP contribution in [0.15, 0.2) is 0 Å². The smallest absolute Gasteiger partial charge is 0.0620 e. The molecule has 1 fully saturated rings. The first-order valence-corrected chi connectivity index (χ1v) is 6.05. The summed E-state index contributed by atoms with van der Waals surface area (Å²) in [7, 11) is 0. The Labute approximate surface area is 93.7 Å². The van der Waals surface area contributed by atoms with Gasteiger partial charge in [0.2, 0.25) is 0 Å². The van der Waals surface area contributed by atoms with E-state index in [-0.39, 0.29) is 0 Å². The van der Waals surface area contributed by atoms with Gasteiger partial charge >= 0.3 is 0 Å². The van der Waals surface area contributed by atoms with Crippen molar-refractivity contribution in [3.05, 3.63) is 0 Å². The highest BCUT2D eigenvalue weighted by Gasteiger charge is 2.39. The molecule has 2 heteroatoms. The van der Waals surface area contributed by atoms with Crippen LogP contribution < -0.4 is 0 Å². The van der Waals surface area contributed by atoms with Crippen molar-refractivity contribution in [1.82, 2.24) is 0 Å². The number of rotatable bonds is 2. The van der Waals surface area contributed by atoms with E-state index in [1.807, 2.05) is 27.7 Å². The summed E-state index contributed by atoms with van der Waals surface area (Å²) < 4.78 is 0. The van der Waals surface area contributed by atoms with Crippen LogP contribution in [0.2, 0.25) is 0 Å². The van der Waals surface area contributed by atoms with E-state index in [0.29, 0.717) is 17.8 Å². The molecule has 0 aromatic heterocycles. The molecule has 1 aliphatic carbocycles. The van der Waals surface area contributed by atoms with Crippen LogP contribution in [-0.4, -0.2) is 21.4 Å². The summed E-state index contributed by atoms with van der Waals surface area (Å²) in [5.41, 5.74) is -1.23. The average molecular weight is 214 g/mol. The van der Waals surface area contributed by atoms with Crippen LogP contribution in [-0.2, 0) is 0 Å². The first kappa shape index (κ1) is 13.0. The topological polar surface area (TPSA) is 40.5 Å². The Morgan fingerprint density at radius 2 is 1.13 bits per heavy atom. The molecule has 0 saturated heterocycles. The Hall–Kier alpha value is -0.0800. The van der Waals surface area contributed by atoms with Crippen molar-refractivity contribution in [2.24, 2.45) is 17.8 Å². The van der Waals surface area contributed by atoms with Gasteiger partial charge in [-0.1, -0.05) is 6.92 Å². The molecule has 0 spiro atoms. The highest BCUT2D eigenvalue weighted by atomic mass is 16.3. The van der Waals surface area contributed by atoms with Gasteiger partial charge in [0, 0.05) is 0 Å². The molecular weight excluding hydrogens is 188 g/mol. The van der Waals surface area contributed by atoms with E-state index in [1.54, 1.807) is 0 Å². The normalized spacial score (nSPS) is 34.2. The zero-order chi connectivity index (χ0) is 11.9. The first-order valence-electron chi connectivity index (χ1n) is 6.05. The Morgan fingerprint density at radius 1 is 0.800 bits per heavy atom. The summed E-state index contributed by atoms with van der Waals surface area (Å²) in [5.74, 6) is 1.24. The van der Waals surface area contributed by atoms with Gasteiger partial charge in [0.1, 0.15) is 0 Å². The fraction of sp³-hybridized carbons (Fsp3) is 1.00. The molecule has 2 unspecified atom stereocenters. The maximum Gasteiger partial charge on any atom is 0.0620 e. The lowest BCUT2D eigenvalue weighted by Gasteiger charge is -2.43. The minimum absolute atomic E-state index is 0.317. The van der Waals surface area contributed by atoms with Crippen molar-refractivity contribution >= 4 is 0 Å². The van der Waals surface area contributed by atoms with Crippen molar-refractivity contribution < 1.29 is 10.2 Å². The Balaban J connectivity index is 2.73. The van der Waals surface area contributed by atoms with Crippen LogP contribution in [0.25, 0.3) is 0 Å². The van der Waals surface area contributed by atoms with Crippen LogP contribution in [0.4, 0.5) is 0 Å². The maximum absolute atomic E-state index is 10.1. The summed E-state index contributed by atoms with van der Waals surface area (Å²) in [4.78, 5) is 0. The van der Waals surface area contributed by atoms with Gasteiger partial charge in [-0.3, -0.25) is 0 Å². The molecule has 1 rings (SSSR count). The van der Waals surface area contributed by atoms with Crippen molar-refractivity contribution in [3.8, 4) is 0 Å². The average Bonchev–Trinajstić information content (AvgIpc) is 1.99. The Kier molecular flexibility index (Phi) is 3.52. The molecule has 1 saturated carbocycles. The SMILES string of the molecule is CC1CC(C(C)(C)O)CC(C(C)(C)O)C1. The summed E-state index contributed by atoms with van der Waals surface area (Å²) in [6.45, 7) is 9.76. The third-order valence-corrected chi connectivity index (χ3v) is 3.94. The van der Waals surface area contributed by atoms with E-state index in [0.717, 1.165) is 19.3 Å². The number of hydrogen-bond acceptors (Lipinski definition) is 2. The molecular formula is C13H26O2. The van der Waals surface area contributed by atoms with Gasteiger partial charge in [-0.25, -0.2) is 0 Å². The lowest BCUT2D eigenvalue weighted by molar-refractivity contribution is -0.0672. The second kappa shape index (κ2) is 4.06. The molecule has 2 atom stereocenters. The third-order valence-electron chi connectivity index (χ3n) is 3.94. The van der Waals surface area contributed by atoms with Gasteiger partial charge in [0.25, 0.3) is 0 Å². The minimum Gasteiger partial charge on any atom is -0.390 e. The van der Waals surface area contributed by atoms with Gasteiger partial charge in [-0.15, -0.1) is 0 Å². The summed E-state index contributed by atoms with van der Waals surface area (Å²) in [6, 6.07) is 0. The van der Waals surface area contributed by atoms with E-state index in [1.165, 1.54) is 0 Å². The van der Waals surface area contributed by atoms with Gasteiger partial charge in [0.15, 0.2) is 0 Å². The van der Waals surface area contributed by atoms with Crippen LogP contribution in [0.5, 0.6) is 0 Å². The lowest BCUT2D eigenvalue weighted by Crippen LogP contribution is -2.43. The molecule has 2 N–H and O–H groups in total. The molecule has 0 aliphatic heterocycles. The summed E-state index contributed by atoms with van der Waals surface area (Å²) in [6.07, 6.45) is 3.10. The van der Waals surface area contributed by atoms with E-state index in [2.05, 4.69) is 6.92 Å². The van der Waals surface area contributed by atoms with Gasteiger partial charge in [0.05, 0.1) is 11.2 Å². The monoisotopic (exact) mass is 214 g/mol. The third kappa shape index (κ3) is 3.46. The molecule has 0 amide bonds. The zero-order valence-electron chi connectivity index (χ0n) is 10.7. The summed E-state index contributed by atoms with van der Waals surface area (Å²) in [5, 5.41) is 20.1. The molecule has 0 heterocycles. The lowest BCUT2D eigenvalue weighted by atomic mass is 9.66. The quantitative estimate of drug-likeness (QED) is 0.741. The van der Waals surface area contributed by atoms with Gasteiger partial charge in [-0.2, -0.15) is 0 Å². The zero-order valence-corrected chi connectivity index (χ0v) is 10.7. The van der Waals surface area contributed by atoms with E-state index in [4.69, 9.17) is 0 Å². The fourth-order valence-corrected chi connectivity index (χ4v) is 2.76. The molecule has 1 aliphatic rings.